The van der Waals surface area contributed by atoms with Gasteiger partial charge in [-0.15, -0.1) is 0 Å². The minimum absolute atomic E-state index is 0.380. The molecule has 0 saturated heterocycles. The molecule has 5 heteroatoms. The third-order valence-electron chi connectivity index (χ3n) is 3.17. The molecular formula is C17H16Cl3NO. The number of benzene rings is 2. The standard InChI is InChI=1S/C17H16Cl3NO/c1-3-7-22-17-12(8-13(18)9-15(17)20)10-21-16-6-4-5-14(19)11(16)2/h3-6,8-9,21H,1,7,10H2,2H3. The van der Waals surface area contributed by atoms with Gasteiger partial charge in [0.2, 0.25) is 0 Å². The SMILES string of the molecule is C=CCOc1c(Cl)cc(Cl)cc1CNc1cccc(Cl)c1C. The predicted octanol–water partition coefficient (Wildman–Crippen LogP) is 6.13. The van der Waals surface area contributed by atoms with Crippen LogP contribution >= 0.6 is 34.8 Å². The van der Waals surface area contributed by atoms with E-state index in [-0.39, 0.29) is 0 Å². The number of ether oxygens (including phenoxy) is 1. The van der Waals surface area contributed by atoms with Crippen LogP contribution in [0.4, 0.5) is 5.69 Å². The van der Waals surface area contributed by atoms with E-state index in [0.717, 1.165) is 21.8 Å². The van der Waals surface area contributed by atoms with Crippen LogP contribution < -0.4 is 10.1 Å². The van der Waals surface area contributed by atoms with E-state index in [1.165, 1.54) is 0 Å². The van der Waals surface area contributed by atoms with Crippen molar-refractivity contribution in [3.63, 3.8) is 0 Å². The molecule has 2 rings (SSSR count). The van der Waals surface area contributed by atoms with Crippen molar-refractivity contribution in [2.24, 2.45) is 0 Å². The van der Waals surface area contributed by atoms with E-state index in [1.54, 1.807) is 12.1 Å². The van der Waals surface area contributed by atoms with Crippen molar-refractivity contribution in [1.82, 2.24) is 0 Å². The molecule has 0 amide bonds. The molecule has 0 bridgehead atoms. The van der Waals surface area contributed by atoms with Crippen LogP contribution in [-0.4, -0.2) is 6.61 Å². The minimum atomic E-state index is 0.380. The van der Waals surface area contributed by atoms with Crippen molar-refractivity contribution in [3.8, 4) is 5.75 Å². The van der Waals surface area contributed by atoms with Crippen molar-refractivity contribution < 1.29 is 4.74 Å². The number of hydrogen-bond acceptors (Lipinski definition) is 2. The highest BCUT2D eigenvalue weighted by Crippen LogP contribution is 2.33. The van der Waals surface area contributed by atoms with Gasteiger partial charge in [-0.3, -0.25) is 0 Å². The lowest BCUT2D eigenvalue weighted by molar-refractivity contribution is 0.360. The molecule has 0 aliphatic carbocycles. The van der Waals surface area contributed by atoms with Gasteiger partial charge in [-0.25, -0.2) is 0 Å². The molecule has 2 aromatic rings. The summed E-state index contributed by atoms with van der Waals surface area (Å²) in [7, 11) is 0. The first-order valence-corrected chi connectivity index (χ1v) is 7.87. The van der Waals surface area contributed by atoms with Gasteiger partial charge in [0.15, 0.2) is 0 Å². The maximum atomic E-state index is 6.22. The summed E-state index contributed by atoms with van der Waals surface area (Å²) in [5, 5.41) is 5.10. The Labute approximate surface area is 145 Å². The van der Waals surface area contributed by atoms with Gasteiger partial charge in [-0.05, 0) is 36.8 Å². The third-order valence-corrected chi connectivity index (χ3v) is 4.08. The maximum absolute atomic E-state index is 6.22. The molecule has 0 aromatic heterocycles. The molecule has 2 aromatic carbocycles. The summed E-state index contributed by atoms with van der Waals surface area (Å²) in [4.78, 5) is 0. The molecule has 0 aliphatic heterocycles. The second-order valence-corrected chi connectivity index (χ2v) is 5.99. The molecule has 0 atom stereocenters. The Morgan fingerprint density at radius 2 is 1.95 bits per heavy atom. The normalized spacial score (nSPS) is 10.4. The van der Waals surface area contributed by atoms with Crippen molar-refractivity contribution in [1.29, 1.82) is 0 Å². The van der Waals surface area contributed by atoms with Crippen LogP contribution in [0.3, 0.4) is 0 Å². The highest BCUT2D eigenvalue weighted by molar-refractivity contribution is 6.35. The highest BCUT2D eigenvalue weighted by atomic mass is 35.5. The summed E-state index contributed by atoms with van der Waals surface area (Å²) in [5.41, 5.74) is 2.82. The average Bonchev–Trinajstić information content (AvgIpc) is 2.47. The van der Waals surface area contributed by atoms with Crippen LogP contribution in [-0.2, 0) is 6.54 Å². The molecule has 116 valence electrons. The first kappa shape index (κ1) is 17.0. The van der Waals surface area contributed by atoms with Crippen molar-refractivity contribution in [3.05, 3.63) is 69.2 Å². The van der Waals surface area contributed by atoms with E-state index in [4.69, 9.17) is 39.5 Å². The predicted molar refractivity (Wildman–Crippen MR) is 95.7 cm³/mol. The fraction of sp³-hybridized carbons (Fsp3) is 0.176. The van der Waals surface area contributed by atoms with Gasteiger partial charge < -0.3 is 10.1 Å². The van der Waals surface area contributed by atoms with Crippen molar-refractivity contribution in [2.45, 2.75) is 13.5 Å². The Morgan fingerprint density at radius 3 is 2.68 bits per heavy atom. The van der Waals surface area contributed by atoms with Crippen LogP contribution in [0.15, 0.2) is 43.0 Å². The highest BCUT2D eigenvalue weighted by Gasteiger charge is 2.11. The molecule has 0 radical (unpaired) electrons. The zero-order valence-electron chi connectivity index (χ0n) is 12.1. The van der Waals surface area contributed by atoms with E-state index in [9.17, 15) is 0 Å². The largest absolute Gasteiger partial charge is 0.488 e. The van der Waals surface area contributed by atoms with Gasteiger partial charge in [0.1, 0.15) is 12.4 Å². The second kappa shape index (κ2) is 7.77. The number of nitrogens with one attached hydrogen (secondary N) is 1. The lowest BCUT2D eigenvalue weighted by Crippen LogP contribution is -2.05. The van der Waals surface area contributed by atoms with Crippen LogP contribution in [0, 0.1) is 6.92 Å². The van der Waals surface area contributed by atoms with Crippen molar-refractivity contribution >= 4 is 40.5 Å². The van der Waals surface area contributed by atoms with Gasteiger partial charge in [-0.2, -0.15) is 0 Å². The number of anilines is 1. The van der Waals surface area contributed by atoms with Gasteiger partial charge >= 0.3 is 0 Å². The third kappa shape index (κ3) is 4.10. The summed E-state index contributed by atoms with van der Waals surface area (Å²) in [6.45, 7) is 6.51. The summed E-state index contributed by atoms with van der Waals surface area (Å²) >= 11 is 18.4. The fourth-order valence-electron chi connectivity index (χ4n) is 2.04. The first-order chi connectivity index (χ1) is 10.5. The molecule has 0 unspecified atom stereocenters. The first-order valence-electron chi connectivity index (χ1n) is 6.73. The monoisotopic (exact) mass is 355 g/mol. The summed E-state index contributed by atoms with van der Waals surface area (Å²) < 4.78 is 5.64. The molecule has 0 spiro atoms. The number of halogens is 3. The Bertz CT molecular complexity index is 686. The Hall–Kier alpha value is -1.35. The smallest absolute Gasteiger partial charge is 0.143 e. The lowest BCUT2D eigenvalue weighted by Gasteiger charge is -2.15. The van der Waals surface area contributed by atoms with Crippen LogP contribution in [0.25, 0.3) is 0 Å². The molecule has 2 nitrogen and oxygen atoms in total. The van der Waals surface area contributed by atoms with Crippen LogP contribution in [0.1, 0.15) is 11.1 Å². The van der Waals surface area contributed by atoms with E-state index in [2.05, 4.69) is 11.9 Å². The van der Waals surface area contributed by atoms with Gasteiger partial charge in [-0.1, -0.05) is 53.5 Å². The van der Waals surface area contributed by atoms with E-state index in [0.29, 0.717) is 28.9 Å². The quantitative estimate of drug-likeness (QED) is 0.628. The minimum Gasteiger partial charge on any atom is -0.488 e. The molecule has 22 heavy (non-hydrogen) atoms. The maximum Gasteiger partial charge on any atom is 0.143 e. The zero-order valence-corrected chi connectivity index (χ0v) is 14.4. The number of hydrogen-bond donors (Lipinski definition) is 1. The Balaban J connectivity index is 2.24. The van der Waals surface area contributed by atoms with E-state index in [1.807, 2.05) is 31.2 Å². The van der Waals surface area contributed by atoms with Gasteiger partial charge in [0.05, 0.1) is 5.02 Å². The molecule has 0 heterocycles. The lowest BCUT2D eigenvalue weighted by atomic mass is 10.1. The average molecular weight is 357 g/mol. The van der Waals surface area contributed by atoms with Gasteiger partial charge in [0, 0.05) is 27.8 Å². The molecule has 0 aliphatic rings. The summed E-state index contributed by atoms with van der Waals surface area (Å²) in [5.74, 6) is 0.609. The second-order valence-electron chi connectivity index (χ2n) is 4.74. The summed E-state index contributed by atoms with van der Waals surface area (Å²) in [6.07, 6.45) is 1.67. The number of rotatable bonds is 6. The van der Waals surface area contributed by atoms with Crippen molar-refractivity contribution in [2.75, 3.05) is 11.9 Å². The molecular weight excluding hydrogens is 341 g/mol. The molecule has 0 fully saturated rings. The topological polar surface area (TPSA) is 21.3 Å². The molecule has 0 saturated carbocycles. The van der Waals surface area contributed by atoms with E-state index < -0.39 is 0 Å². The van der Waals surface area contributed by atoms with Gasteiger partial charge in [0.25, 0.3) is 0 Å². The van der Waals surface area contributed by atoms with E-state index >= 15 is 0 Å². The van der Waals surface area contributed by atoms with Crippen LogP contribution in [0.5, 0.6) is 5.75 Å². The van der Waals surface area contributed by atoms with Crippen LogP contribution in [0.2, 0.25) is 15.1 Å². The fourth-order valence-corrected chi connectivity index (χ4v) is 2.80. The Morgan fingerprint density at radius 1 is 1.18 bits per heavy atom. The zero-order chi connectivity index (χ0) is 16.1. The Kier molecular flexibility index (Phi) is 6.01. The summed E-state index contributed by atoms with van der Waals surface area (Å²) in [6, 6.07) is 9.22. The molecule has 1 N–H and O–H groups in total.